The molecule has 7 nitrogen and oxygen atoms in total. The molecule has 3 rings (SSSR count). The van der Waals surface area contributed by atoms with E-state index in [0.717, 1.165) is 37.9 Å². The fourth-order valence-electron chi connectivity index (χ4n) is 2.96. The maximum absolute atomic E-state index is 12.7. The van der Waals surface area contributed by atoms with Crippen LogP contribution in [0.2, 0.25) is 10.0 Å². The summed E-state index contributed by atoms with van der Waals surface area (Å²) in [7, 11) is 2.06. The van der Waals surface area contributed by atoms with E-state index in [1.165, 1.54) is 12.1 Å². The van der Waals surface area contributed by atoms with Gasteiger partial charge in [0.2, 0.25) is 0 Å². The van der Waals surface area contributed by atoms with Crippen LogP contribution in [-0.4, -0.2) is 49.0 Å². The van der Waals surface area contributed by atoms with Crippen molar-refractivity contribution in [1.82, 2.24) is 4.90 Å². The number of halogens is 2. The lowest BCUT2D eigenvalue weighted by atomic mass is 10.1. The van der Waals surface area contributed by atoms with Gasteiger partial charge in [0.15, 0.2) is 0 Å². The molecule has 0 atom stereocenters. The molecule has 1 aliphatic rings. The van der Waals surface area contributed by atoms with Gasteiger partial charge in [-0.2, -0.15) is 0 Å². The fraction of sp³-hybridized carbons (Fsp3) is 0.278. The van der Waals surface area contributed by atoms with E-state index in [2.05, 4.69) is 22.2 Å². The van der Waals surface area contributed by atoms with Crippen molar-refractivity contribution in [2.45, 2.75) is 0 Å². The van der Waals surface area contributed by atoms with Gasteiger partial charge in [0.25, 0.3) is 11.6 Å². The number of carbonyl (C=O) groups is 1. The average molecular weight is 409 g/mol. The second kappa shape index (κ2) is 8.12. The smallest absolute Gasteiger partial charge is 0.288 e. The summed E-state index contributed by atoms with van der Waals surface area (Å²) >= 11 is 12.2. The molecule has 27 heavy (non-hydrogen) atoms. The Bertz CT molecular complexity index is 883. The van der Waals surface area contributed by atoms with E-state index in [0.29, 0.717) is 10.7 Å². The molecule has 1 heterocycles. The molecule has 0 radical (unpaired) electrons. The number of benzene rings is 2. The highest BCUT2D eigenvalue weighted by Crippen LogP contribution is 2.35. The quantitative estimate of drug-likeness (QED) is 0.612. The molecule has 0 saturated carbocycles. The van der Waals surface area contributed by atoms with Gasteiger partial charge in [-0.15, -0.1) is 0 Å². The van der Waals surface area contributed by atoms with Gasteiger partial charge in [0, 0.05) is 37.8 Å². The molecule has 1 aliphatic heterocycles. The van der Waals surface area contributed by atoms with Gasteiger partial charge in [0.1, 0.15) is 5.02 Å². The molecule has 2 aromatic rings. The van der Waals surface area contributed by atoms with Gasteiger partial charge in [-0.25, -0.2) is 0 Å². The van der Waals surface area contributed by atoms with E-state index >= 15 is 0 Å². The zero-order valence-electron chi connectivity index (χ0n) is 14.6. The summed E-state index contributed by atoms with van der Waals surface area (Å²) in [5, 5.41) is 14.4. The normalized spacial score (nSPS) is 14.9. The molecule has 1 saturated heterocycles. The van der Waals surface area contributed by atoms with Crippen LogP contribution in [0.1, 0.15) is 10.4 Å². The Morgan fingerprint density at radius 1 is 1.11 bits per heavy atom. The summed E-state index contributed by atoms with van der Waals surface area (Å²) in [5.41, 5.74) is 1.16. The zero-order valence-corrected chi connectivity index (χ0v) is 16.1. The zero-order chi connectivity index (χ0) is 19.6. The van der Waals surface area contributed by atoms with Crippen molar-refractivity contribution in [3.63, 3.8) is 0 Å². The molecule has 2 aromatic carbocycles. The number of anilines is 2. The van der Waals surface area contributed by atoms with Gasteiger partial charge in [0.05, 0.1) is 21.3 Å². The van der Waals surface area contributed by atoms with Gasteiger partial charge >= 0.3 is 0 Å². The van der Waals surface area contributed by atoms with Crippen LogP contribution >= 0.6 is 23.2 Å². The van der Waals surface area contributed by atoms with Gasteiger partial charge in [-0.05, 0) is 31.3 Å². The second-order valence-electron chi connectivity index (χ2n) is 6.30. The predicted octanol–water partition coefficient (Wildman–Crippen LogP) is 3.91. The number of nitro benzene ring substituents is 1. The third-order valence-electron chi connectivity index (χ3n) is 4.46. The number of likely N-dealkylation sites (N-methyl/N-ethyl adjacent to an activating group) is 1. The van der Waals surface area contributed by atoms with Crippen LogP contribution < -0.4 is 10.2 Å². The lowest BCUT2D eigenvalue weighted by Gasteiger charge is -2.35. The third kappa shape index (κ3) is 4.32. The topological polar surface area (TPSA) is 78.7 Å². The van der Waals surface area contributed by atoms with Gasteiger partial charge < -0.3 is 15.1 Å². The number of hydrogen-bond acceptors (Lipinski definition) is 5. The Morgan fingerprint density at radius 2 is 1.81 bits per heavy atom. The van der Waals surface area contributed by atoms with Crippen LogP contribution in [0.25, 0.3) is 0 Å². The number of para-hydroxylation sites is 1. The lowest BCUT2D eigenvalue weighted by molar-refractivity contribution is -0.384. The first kappa shape index (κ1) is 19.4. The molecule has 0 aromatic heterocycles. The molecule has 1 N–H and O–H groups in total. The highest BCUT2D eigenvalue weighted by atomic mass is 35.5. The maximum atomic E-state index is 12.7. The minimum absolute atomic E-state index is 0.0163. The fourth-order valence-corrected chi connectivity index (χ4v) is 3.44. The summed E-state index contributed by atoms with van der Waals surface area (Å²) in [4.78, 5) is 27.4. The predicted molar refractivity (Wildman–Crippen MR) is 107 cm³/mol. The van der Waals surface area contributed by atoms with E-state index in [1.54, 1.807) is 18.2 Å². The Kier molecular flexibility index (Phi) is 5.84. The molecule has 1 amide bonds. The number of amides is 1. The number of nitrogens with zero attached hydrogens (tertiary/aromatic N) is 3. The van der Waals surface area contributed by atoms with Crippen LogP contribution in [0.5, 0.6) is 0 Å². The lowest BCUT2D eigenvalue weighted by Crippen LogP contribution is -2.44. The highest BCUT2D eigenvalue weighted by molar-refractivity contribution is 6.34. The van der Waals surface area contributed by atoms with E-state index in [9.17, 15) is 14.9 Å². The second-order valence-corrected chi connectivity index (χ2v) is 7.12. The molecule has 142 valence electrons. The number of hydrogen-bond donors (Lipinski definition) is 1. The SMILES string of the molecule is CN1CCN(c2c(Cl)cccc2NC(=O)c2ccc(Cl)c([N+](=O)[O-])c2)CC1. The molecule has 1 fully saturated rings. The first-order valence-corrected chi connectivity index (χ1v) is 9.09. The number of nitrogens with one attached hydrogen (secondary N) is 1. The first-order chi connectivity index (χ1) is 12.9. The Hall–Kier alpha value is -2.35. The van der Waals surface area contributed by atoms with Gasteiger partial charge in [-0.1, -0.05) is 29.3 Å². The number of nitro groups is 1. The number of piperazine rings is 1. The van der Waals surface area contributed by atoms with Crippen molar-refractivity contribution in [2.75, 3.05) is 43.4 Å². The minimum atomic E-state index is -0.617. The summed E-state index contributed by atoms with van der Waals surface area (Å²) in [6, 6.07) is 9.25. The van der Waals surface area contributed by atoms with Crippen LogP contribution in [0, 0.1) is 10.1 Å². The maximum Gasteiger partial charge on any atom is 0.288 e. The first-order valence-electron chi connectivity index (χ1n) is 8.34. The Labute approximate surface area is 166 Å². The standard InChI is InChI=1S/C18H18Cl2N4O3/c1-22-7-9-23(10-8-22)17-14(20)3-2-4-15(17)21-18(25)12-5-6-13(19)16(11-12)24(26)27/h2-6,11H,7-10H2,1H3,(H,21,25). The van der Waals surface area contributed by atoms with Crippen molar-refractivity contribution in [2.24, 2.45) is 0 Å². The molecule has 0 spiro atoms. The number of carbonyl (C=O) groups excluding carboxylic acids is 1. The van der Waals surface area contributed by atoms with Crippen molar-refractivity contribution in [1.29, 1.82) is 0 Å². The Morgan fingerprint density at radius 3 is 2.48 bits per heavy atom. The molecule has 0 aliphatic carbocycles. The summed E-state index contributed by atoms with van der Waals surface area (Å²) < 4.78 is 0. The summed E-state index contributed by atoms with van der Waals surface area (Å²) in [5.74, 6) is -0.465. The van der Waals surface area contributed by atoms with E-state index in [4.69, 9.17) is 23.2 Å². The van der Waals surface area contributed by atoms with E-state index < -0.39 is 10.8 Å². The monoisotopic (exact) mass is 408 g/mol. The largest absolute Gasteiger partial charge is 0.366 e. The molecule has 9 heteroatoms. The van der Waals surface area contributed by atoms with Gasteiger partial charge in [-0.3, -0.25) is 14.9 Å². The molecule has 0 unspecified atom stereocenters. The number of rotatable bonds is 4. The molecule has 0 bridgehead atoms. The molecular weight excluding hydrogens is 391 g/mol. The summed E-state index contributed by atoms with van der Waals surface area (Å²) in [6.45, 7) is 3.36. The van der Waals surface area contributed by atoms with Crippen molar-refractivity contribution in [3.8, 4) is 0 Å². The van der Waals surface area contributed by atoms with Crippen molar-refractivity contribution >= 4 is 46.2 Å². The van der Waals surface area contributed by atoms with Crippen LogP contribution in [0.15, 0.2) is 36.4 Å². The minimum Gasteiger partial charge on any atom is -0.366 e. The van der Waals surface area contributed by atoms with Crippen molar-refractivity contribution < 1.29 is 9.72 Å². The van der Waals surface area contributed by atoms with Crippen LogP contribution in [0.3, 0.4) is 0 Å². The van der Waals surface area contributed by atoms with Crippen LogP contribution in [-0.2, 0) is 0 Å². The summed E-state index contributed by atoms with van der Waals surface area (Å²) in [6.07, 6.45) is 0. The van der Waals surface area contributed by atoms with E-state index in [-0.39, 0.29) is 16.3 Å². The third-order valence-corrected chi connectivity index (χ3v) is 5.08. The average Bonchev–Trinajstić information content (AvgIpc) is 2.63. The van der Waals surface area contributed by atoms with Crippen molar-refractivity contribution in [3.05, 3.63) is 62.1 Å². The molecular formula is C18H18Cl2N4O3. The highest BCUT2D eigenvalue weighted by Gasteiger charge is 2.22. The van der Waals surface area contributed by atoms with Crippen LogP contribution in [0.4, 0.5) is 17.1 Å². The Balaban J connectivity index is 1.88. The van der Waals surface area contributed by atoms with E-state index in [1.807, 2.05) is 0 Å².